The molecule has 1 amide bonds. The zero-order valence-electron chi connectivity index (χ0n) is 20.7. The van der Waals surface area contributed by atoms with Crippen molar-refractivity contribution in [2.45, 2.75) is 37.4 Å². The number of hydrogen-bond donors (Lipinski definition) is 2. The summed E-state index contributed by atoms with van der Waals surface area (Å²) in [6, 6.07) is 20.3. The number of carbonyl (C=O) groups is 1. The number of furan rings is 1. The summed E-state index contributed by atoms with van der Waals surface area (Å²) in [7, 11) is 2.18. The van der Waals surface area contributed by atoms with Crippen LogP contribution in [0.5, 0.6) is 0 Å². The van der Waals surface area contributed by atoms with E-state index in [9.17, 15) is 10.1 Å². The second-order valence-electron chi connectivity index (χ2n) is 10.2. The Labute approximate surface area is 212 Å². The molecule has 1 aliphatic carbocycles. The van der Waals surface area contributed by atoms with Gasteiger partial charge in [-0.05, 0) is 40.9 Å². The van der Waals surface area contributed by atoms with Crippen LogP contribution < -0.4 is 11.1 Å². The zero-order valence-corrected chi connectivity index (χ0v) is 20.7. The van der Waals surface area contributed by atoms with Gasteiger partial charge >= 0.3 is 0 Å². The summed E-state index contributed by atoms with van der Waals surface area (Å²) in [6.45, 7) is 5.46. The number of fused-ring (bicyclic) bond motifs is 1. The molecule has 1 aromatic heterocycles. The van der Waals surface area contributed by atoms with Gasteiger partial charge < -0.3 is 20.4 Å². The predicted octanol–water partition coefficient (Wildman–Crippen LogP) is 2.74. The minimum atomic E-state index is -1.06. The molecule has 36 heavy (non-hydrogen) atoms. The van der Waals surface area contributed by atoms with Gasteiger partial charge in [-0.2, -0.15) is 5.26 Å². The van der Waals surface area contributed by atoms with Crippen LogP contribution in [0.15, 0.2) is 65.3 Å². The Kier molecular flexibility index (Phi) is 6.92. The molecule has 0 radical (unpaired) electrons. The van der Waals surface area contributed by atoms with E-state index in [-0.39, 0.29) is 5.91 Å². The highest BCUT2D eigenvalue weighted by atomic mass is 16.3. The van der Waals surface area contributed by atoms with Crippen LogP contribution in [-0.4, -0.2) is 60.5 Å². The zero-order chi connectivity index (χ0) is 25.1. The van der Waals surface area contributed by atoms with Crippen molar-refractivity contribution in [3.05, 3.63) is 83.3 Å². The van der Waals surface area contributed by atoms with Crippen molar-refractivity contribution in [3.8, 4) is 17.2 Å². The molecule has 2 atom stereocenters. The molecule has 0 bridgehead atoms. The molecule has 2 heterocycles. The number of likely N-dealkylation sites (N-methyl/N-ethyl adjacent to an activating group) is 1. The average molecular weight is 484 g/mol. The molecule has 5 rings (SSSR count). The minimum absolute atomic E-state index is 0.311. The van der Waals surface area contributed by atoms with Crippen LogP contribution in [0.3, 0.4) is 0 Å². The highest BCUT2D eigenvalue weighted by molar-refractivity contribution is 5.88. The molecule has 1 aliphatic heterocycles. The SMILES string of the molecule is CN1CCN(Cc2ccc(-c3ccc(C[C@@H](C#N)NC(=O)C4(N)Cc5ccoc5C4)cc3)cc2)CC1. The Morgan fingerprint density at radius 2 is 1.67 bits per heavy atom. The monoisotopic (exact) mass is 483 g/mol. The molecule has 7 heteroatoms. The van der Waals surface area contributed by atoms with Gasteiger partial charge in [0.15, 0.2) is 0 Å². The average Bonchev–Trinajstić information content (AvgIpc) is 3.45. The smallest absolute Gasteiger partial charge is 0.241 e. The van der Waals surface area contributed by atoms with E-state index in [1.54, 1.807) is 6.26 Å². The Morgan fingerprint density at radius 3 is 2.28 bits per heavy atom. The molecule has 2 aromatic carbocycles. The first-order valence-electron chi connectivity index (χ1n) is 12.6. The summed E-state index contributed by atoms with van der Waals surface area (Å²) in [6.07, 6.45) is 2.81. The number of rotatable bonds is 7. The highest BCUT2D eigenvalue weighted by Crippen LogP contribution is 2.29. The highest BCUT2D eigenvalue weighted by Gasteiger charge is 2.42. The van der Waals surface area contributed by atoms with E-state index in [0.717, 1.165) is 60.7 Å². The van der Waals surface area contributed by atoms with E-state index in [2.05, 4.69) is 64.6 Å². The summed E-state index contributed by atoms with van der Waals surface area (Å²) < 4.78 is 5.41. The fourth-order valence-corrected chi connectivity index (χ4v) is 5.10. The summed E-state index contributed by atoms with van der Waals surface area (Å²) in [4.78, 5) is 17.7. The molecule has 3 aromatic rings. The van der Waals surface area contributed by atoms with Crippen molar-refractivity contribution >= 4 is 5.91 Å². The van der Waals surface area contributed by atoms with Gasteiger partial charge in [0, 0.05) is 52.0 Å². The number of nitrogens with zero attached hydrogens (tertiary/aromatic N) is 3. The van der Waals surface area contributed by atoms with Gasteiger partial charge in [-0.25, -0.2) is 0 Å². The summed E-state index contributed by atoms with van der Waals surface area (Å²) in [5.74, 6) is 0.442. The Balaban J connectivity index is 1.16. The van der Waals surface area contributed by atoms with E-state index < -0.39 is 11.6 Å². The molecule has 7 nitrogen and oxygen atoms in total. The molecular formula is C29H33N5O2. The maximum atomic E-state index is 12.9. The van der Waals surface area contributed by atoms with Crippen molar-refractivity contribution in [3.63, 3.8) is 0 Å². The fraction of sp³-hybridized carbons (Fsp3) is 0.379. The lowest BCUT2D eigenvalue weighted by Crippen LogP contribution is -2.57. The van der Waals surface area contributed by atoms with Crippen molar-refractivity contribution in [2.75, 3.05) is 33.2 Å². The molecule has 186 valence electrons. The Hall–Kier alpha value is -3.44. The molecule has 1 fully saturated rings. The van der Waals surface area contributed by atoms with Gasteiger partial charge in [0.1, 0.15) is 17.3 Å². The van der Waals surface area contributed by atoms with Crippen molar-refractivity contribution < 1.29 is 9.21 Å². The number of carbonyl (C=O) groups excluding carboxylic acids is 1. The lowest BCUT2D eigenvalue weighted by molar-refractivity contribution is -0.126. The number of nitriles is 1. The predicted molar refractivity (Wildman–Crippen MR) is 139 cm³/mol. The molecule has 1 unspecified atom stereocenters. The molecule has 2 aliphatic rings. The number of nitrogens with two attached hydrogens (primary N) is 1. The largest absolute Gasteiger partial charge is 0.469 e. The van der Waals surface area contributed by atoms with Crippen LogP contribution in [0.2, 0.25) is 0 Å². The third kappa shape index (κ3) is 5.36. The Morgan fingerprint density at radius 1 is 1.03 bits per heavy atom. The van der Waals surface area contributed by atoms with Crippen LogP contribution in [0, 0.1) is 11.3 Å². The maximum absolute atomic E-state index is 12.9. The molecule has 0 spiro atoms. The van der Waals surface area contributed by atoms with Crippen LogP contribution in [-0.2, 0) is 30.6 Å². The number of nitrogens with one attached hydrogen (secondary N) is 1. The fourth-order valence-electron chi connectivity index (χ4n) is 5.10. The topological polar surface area (TPSA) is 98.5 Å². The normalized spacial score (nSPS) is 21.0. The third-order valence-electron chi connectivity index (χ3n) is 7.42. The van der Waals surface area contributed by atoms with Gasteiger partial charge in [0.05, 0.1) is 12.3 Å². The number of benzene rings is 2. The van der Waals surface area contributed by atoms with E-state index in [4.69, 9.17) is 10.2 Å². The molecule has 1 saturated heterocycles. The van der Waals surface area contributed by atoms with Crippen LogP contribution in [0.1, 0.15) is 22.5 Å². The maximum Gasteiger partial charge on any atom is 0.241 e. The summed E-state index contributed by atoms with van der Waals surface area (Å²) in [5, 5.41) is 12.5. The number of amides is 1. The van der Waals surface area contributed by atoms with Crippen molar-refractivity contribution in [1.29, 1.82) is 5.26 Å². The minimum Gasteiger partial charge on any atom is -0.469 e. The molecule has 0 saturated carbocycles. The second-order valence-corrected chi connectivity index (χ2v) is 10.2. The van der Waals surface area contributed by atoms with Crippen LogP contribution >= 0.6 is 0 Å². The van der Waals surface area contributed by atoms with E-state index >= 15 is 0 Å². The van der Waals surface area contributed by atoms with Crippen molar-refractivity contribution in [2.24, 2.45) is 5.73 Å². The third-order valence-corrected chi connectivity index (χ3v) is 7.42. The summed E-state index contributed by atoms with van der Waals surface area (Å²) in [5.41, 5.74) is 10.9. The molecule has 3 N–H and O–H groups in total. The summed E-state index contributed by atoms with van der Waals surface area (Å²) >= 11 is 0. The van der Waals surface area contributed by atoms with Gasteiger partial charge in [-0.15, -0.1) is 0 Å². The number of hydrogen-bond acceptors (Lipinski definition) is 6. The Bertz CT molecular complexity index is 1210. The van der Waals surface area contributed by atoms with E-state index in [1.807, 2.05) is 18.2 Å². The van der Waals surface area contributed by atoms with Gasteiger partial charge in [0.2, 0.25) is 5.91 Å². The standard InChI is InChI=1S/C29H33N5O2/c1-33-11-13-34(14-12-33)20-22-4-8-24(9-5-22)23-6-2-21(3-7-23)16-26(19-30)32-28(35)29(31)17-25-10-15-36-27(25)18-29/h2-10,15,26H,11-14,16-18,20,31H2,1H3,(H,32,35)/t26-,29?/m0/s1. The number of piperazine rings is 1. The van der Waals surface area contributed by atoms with Gasteiger partial charge in [-0.1, -0.05) is 48.5 Å². The van der Waals surface area contributed by atoms with Crippen LogP contribution in [0.4, 0.5) is 0 Å². The molecular weight excluding hydrogens is 450 g/mol. The first-order chi connectivity index (χ1) is 17.4. The second kappa shape index (κ2) is 10.3. The lowest BCUT2D eigenvalue weighted by atomic mass is 9.95. The lowest BCUT2D eigenvalue weighted by Gasteiger charge is -2.32. The van der Waals surface area contributed by atoms with Gasteiger partial charge in [0.25, 0.3) is 0 Å². The first kappa shape index (κ1) is 24.3. The van der Waals surface area contributed by atoms with E-state index in [1.165, 1.54) is 5.56 Å². The quantitative estimate of drug-likeness (QED) is 0.536. The van der Waals surface area contributed by atoms with Crippen LogP contribution in [0.25, 0.3) is 11.1 Å². The van der Waals surface area contributed by atoms with E-state index in [0.29, 0.717) is 19.3 Å². The van der Waals surface area contributed by atoms with Crippen molar-refractivity contribution in [1.82, 2.24) is 15.1 Å². The van der Waals surface area contributed by atoms with Gasteiger partial charge in [-0.3, -0.25) is 9.69 Å². The first-order valence-corrected chi connectivity index (χ1v) is 12.6.